The van der Waals surface area contributed by atoms with E-state index in [0.717, 1.165) is 22.7 Å². The Labute approximate surface area is 454 Å². The van der Waals surface area contributed by atoms with E-state index in [1.54, 1.807) is 0 Å². The van der Waals surface area contributed by atoms with Gasteiger partial charge in [-0.25, -0.2) is 0 Å². The van der Waals surface area contributed by atoms with E-state index in [1.807, 2.05) is 0 Å². The van der Waals surface area contributed by atoms with Gasteiger partial charge in [0.05, 0.1) is 16.4 Å². The van der Waals surface area contributed by atoms with Gasteiger partial charge < -0.3 is 9.47 Å². The second-order valence-corrected chi connectivity index (χ2v) is 21.9. The van der Waals surface area contributed by atoms with Crippen molar-refractivity contribution in [3.05, 3.63) is 312 Å². The van der Waals surface area contributed by atoms with Crippen molar-refractivity contribution in [1.82, 2.24) is 4.57 Å². The molecule has 0 fully saturated rings. The number of para-hydroxylation sites is 1. The van der Waals surface area contributed by atoms with E-state index < -0.39 is 5.41 Å². The molecule has 1 aromatic heterocycles. The fourth-order valence-corrected chi connectivity index (χ4v) is 14.1. The van der Waals surface area contributed by atoms with Crippen LogP contribution in [0, 0.1) is 0 Å². The number of hydrogen-bond donors (Lipinski definition) is 0. The van der Waals surface area contributed by atoms with Crippen molar-refractivity contribution in [2.24, 2.45) is 0 Å². The first-order valence-corrected chi connectivity index (χ1v) is 27.3. The molecule has 0 saturated carbocycles. The average Bonchev–Trinajstić information content (AvgIpc) is 3.80. The van der Waals surface area contributed by atoms with Gasteiger partial charge in [0.1, 0.15) is 0 Å². The van der Waals surface area contributed by atoms with Gasteiger partial charge >= 0.3 is 0 Å². The number of hydrogen-bond acceptors (Lipinski definition) is 1. The van der Waals surface area contributed by atoms with E-state index in [-0.39, 0.29) is 5.41 Å². The number of anilines is 3. The third-order valence-corrected chi connectivity index (χ3v) is 17.6. The van der Waals surface area contributed by atoms with Crippen LogP contribution in [-0.4, -0.2) is 4.57 Å². The predicted octanol–water partition coefficient (Wildman–Crippen LogP) is 20.0. The third-order valence-electron chi connectivity index (χ3n) is 17.6. The second kappa shape index (κ2) is 16.9. The normalized spacial score (nSPS) is 13.7. The van der Waals surface area contributed by atoms with Crippen LogP contribution in [0.15, 0.2) is 279 Å². The number of nitrogens with zero attached hydrogens (tertiary/aromatic N) is 2. The van der Waals surface area contributed by atoms with Crippen molar-refractivity contribution in [2.75, 3.05) is 4.90 Å². The van der Waals surface area contributed by atoms with Crippen LogP contribution in [0.25, 0.3) is 93.2 Å². The SMILES string of the molecule is CC1(C)c2ccccc2-c2ccc(N(c3ccc(-c4ccc5c(c4)c4cc(C6(c7ccccc7)c7ccccc7-c7ccccc76)ccc4n5-c4ccccc4)cc3)c3ccc4c5ccccc5c5ccccc5c4c3)cc21. The van der Waals surface area contributed by atoms with Gasteiger partial charge in [0.15, 0.2) is 0 Å². The molecule has 0 aliphatic heterocycles. The fourth-order valence-electron chi connectivity index (χ4n) is 14.1. The van der Waals surface area contributed by atoms with Crippen LogP contribution in [0.1, 0.15) is 47.2 Å². The first kappa shape index (κ1) is 44.5. The molecule has 0 amide bonds. The molecule has 13 aromatic carbocycles. The molecule has 2 aliphatic carbocycles. The highest BCUT2D eigenvalue weighted by atomic mass is 15.1. The largest absolute Gasteiger partial charge is 0.310 e. The van der Waals surface area contributed by atoms with E-state index in [1.165, 1.54) is 121 Å². The summed E-state index contributed by atoms with van der Waals surface area (Å²) in [6, 6.07) is 104. The molecular formula is C76H52N2. The van der Waals surface area contributed by atoms with Crippen LogP contribution < -0.4 is 4.90 Å². The molecule has 0 radical (unpaired) electrons. The van der Waals surface area contributed by atoms with Crippen LogP contribution in [0.5, 0.6) is 0 Å². The lowest BCUT2D eigenvalue weighted by atomic mass is 9.67. The Bertz CT molecular complexity index is 4670. The van der Waals surface area contributed by atoms with E-state index in [4.69, 9.17) is 0 Å². The zero-order valence-electron chi connectivity index (χ0n) is 43.5. The molecule has 0 spiro atoms. The quantitative estimate of drug-likeness (QED) is 0.145. The lowest BCUT2D eigenvalue weighted by molar-refractivity contribution is 0.660. The minimum Gasteiger partial charge on any atom is -0.310 e. The number of fused-ring (bicyclic) bond motifs is 15. The molecule has 2 nitrogen and oxygen atoms in total. The van der Waals surface area contributed by atoms with Crippen LogP contribution in [-0.2, 0) is 10.8 Å². The van der Waals surface area contributed by atoms with Gasteiger partial charge in [0, 0.05) is 38.9 Å². The molecule has 78 heavy (non-hydrogen) atoms. The molecule has 16 rings (SSSR count). The summed E-state index contributed by atoms with van der Waals surface area (Å²) in [4.78, 5) is 2.46. The summed E-state index contributed by atoms with van der Waals surface area (Å²) in [6.45, 7) is 4.74. The molecular weight excluding hydrogens is 941 g/mol. The number of rotatable bonds is 7. The summed E-state index contributed by atoms with van der Waals surface area (Å²) in [5.74, 6) is 0. The Morgan fingerprint density at radius 3 is 1.40 bits per heavy atom. The van der Waals surface area contributed by atoms with Gasteiger partial charge in [-0.3, -0.25) is 0 Å². The van der Waals surface area contributed by atoms with E-state index in [9.17, 15) is 0 Å². The van der Waals surface area contributed by atoms with Gasteiger partial charge in [-0.15, -0.1) is 0 Å². The van der Waals surface area contributed by atoms with Gasteiger partial charge in [-0.1, -0.05) is 220 Å². The van der Waals surface area contributed by atoms with Crippen molar-refractivity contribution in [1.29, 1.82) is 0 Å². The molecule has 14 aromatic rings. The maximum absolute atomic E-state index is 2.50. The maximum Gasteiger partial charge on any atom is 0.0713 e. The summed E-state index contributed by atoms with van der Waals surface area (Å²) in [5.41, 5.74) is 21.7. The maximum atomic E-state index is 2.50. The Hall–Kier alpha value is -9.76. The van der Waals surface area contributed by atoms with E-state index >= 15 is 0 Å². The topological polar surface area (TPSA) is 8.17 Å². The van der Waals surface area contributed by atoms with Crippen LogP contribution in [0.3, 0.4) is 0 Å². The number of benzene rings is 13. The second-order valence-electron chi connectivity index (χ2n) is 21.9. The highest BCUT2D eigenvalue weighted by Gasteiger charge is 2.46. The van der Waals surface area contributed by atoms with Crippen molar-refractivity contribution in [3.63, 3.8) is 0 Å². The van der Waals surface area contributed by atoms with Crippen molar-refractivity contribution in [3.8, 4) is 39.1 Å². The molecule has 0 unspecified atom stereocenters. The third kappa shape index (κ3) is 6.32. The number of aromatic nitrogens is 1. The van der Waals surface area contributed by atoms with Gasteiger partial charge in [-0.05, 0) is 172 Å². The standard InChI is InChI=1S/C76H52N2/c1-75(2)69-30-16-13-27-62(69)65-42-40-56(48-72(65)75)77(55-39-41-61-59-25-10-9-23-57(59)58-24-11-12-26-60(58)66(61)47-55)54-37-33-49(34-38-54)50-35-43-73-67(45-50)68-46-52(36-44-74(68)78(73)53-21-7-4-8-22-53)76(51-19-5-3-6-20-51)70-31-17-14-28-63(70)64-29-15-18-32-71(64)76/h3-48H,1-2H3. The average molecular weight is 993 g/mol. The molecule has 366 valence electrons. The molecule has 2 heteroatoms. The van der Waals surface area contributed by atoms with E-state index in [0.29, 0.717) is 0 Å². The molecule has 2 aliphatic rings. The Morgan fingerprint density at radius 1 is 0.282 bits per heavy atom. The summed E-state index contributed by atoms with van der Waals surface area (Å²) in [7, 11) is 0. The fraction of sp³-hybridized carbons (Fsp3) is 0.0526. The summed E-state index contributed by atoms with van der Waals surface area (Å²) >= 11 is 0. The minimum atomic E-state index is -0.506. The van der Waals surface area contributed by atoms with Gasteiger partial charge in [0.2, 0.25) is 0 Å². The molecule has 0 N–H and O–H groups in total. The van der Waals surface area contributed by atoms with Gasteiger partial charge in [-0.2, -0.15) is 0 Å². The van der Waals surface area contributed by atoms with Crippen LogP contribution in [0.2, 0.25) is 0 Å². The van der Waals surface area contributed by atoms with Crippen molar-refractivity contribution < 1.29 is 0 Å². The van der Waals surface area contributed by atoms with Crippen molar-refractivity contribution in [2.45, 2.75) is 24.7 Å². The summed E-state index contributed by atoms with van der Waals surface area (Å²) in [5, 5.41) is 10.1. The van der Waals surface area contributed by atoms with Crippen LogP contribution >= 0.6 is 0 Å². The van der Waals surface area contributed by atoms with E-state index in [2.05, 4.69) is 302 Å². The zero-order chi connectivity index (χ0) is 51.7. The Kier molecular flexibility index (Phi) is 9.63. The van der Waals surface area contributed by atoms with Crippen molar-refractivity contribution >= 4 is 71.2 Å². The summed E-state index contributed by atoms with van der Waals surface area (Å²) < 4.78 is 2.44. The monoisotopic (exact) mass is 992 g/mol. The molecule has 0 saturated heterocycles. The Balaban J connectivity index is 0.874. The first-order chi connectivity index (χ1) is 38.4. The lowest BCUT2D eigenvalue weighted by Crippen LogP contribution is -2.28. The zero-order valence-corrected chi connectivity index (χ0v) is 43.5. The smallest absolute Gasteiger partial charge is 0.0713 e. The first-order valence-electron chi connectivity index (χ1n) is 27.3. The highest BCUT2D eigenvalue weighted by molar-refractivity contribution is 6.26. The Morgan fingerprint density at radius 2 is 0.744 bits per heavy atom. The highest BCUT2D eigenvalue weighted by Crippen LogP contribution is 2.57. The van der Waals surface area contributed by atoms with Crippen LogP contribution in [0.4, 0.5) is 17.1 Å². The minimum absolute atomic E-state index is 0.146. The molecule has 0 bridgehead atoms. The predicted molar refractivity (Wildman–Crippen MR) is 328 cm³/mol. The van der Waals surface area contributed by atoms with Gasteiger partial charge in [0.25, 0.3) is 0 Å². The lowest BCUT2D eigenvalue weighted by Gasteiger charge is -2.34. The molecule has 1 heterocycles. The summed E-state index contributed by atoms with van der Waals surface area (Å²) in [6.07, 6.45) is 0. The molecule has 0 atom stereocenters.